The Balaban J connectivity index is 3.17. The average Bonchev–Trinajstić information content (AvgIpc) is 2.06. The Morgan fingerprint density at radius 3 is 2.17 bits per heavy atom. The second kappa shape index (κ2) is 3.55. The van der Waals surface area contributed by atoms with Crippen LogP contribution >= 0.6 is 23.2 Å². The summed E-state index contributed by atoms with van der Waals surface area (Å²) >= 11 is 10.4. The highest BCUT2D eigenvalue weighted by molar-refractivity contribution is 7.94. The Hall–Kier alpha value is -0.390. The molecule has 0 atom stereocenters. The molecular formula is C5H4Cl2N2O2S. The Morgan fingerprint density at radius 1 is 1.25 bits per heavy atom. The standard InChI is InChI=1S/C5H4Cl2N2O2S/c6-4(7)12(10,11)5-8-2-1-3-9-5/h1-4H. The van der Waals surface area contributed by atoms with Crippen molar-refractivity contribution < 1.29 is 8.42 Å². The molecule has 0 radical (unpaired) electrons. The molecule has 12 heavy (non-hydrogen) atoms. The van der Waals surface area contributed by atoms with Crippen LogP contribution in [-0.2, 0) is 9.84 Å². The molecule has 0 unspecified atom stereocenters. The van der Waals surface area contributed by atoms with E-state index in [1.165, 1.54) is 18.5 Å². The van der Waals surface area contributed by atoms with Crippen LogP contribution in [0.25, 0.3) is 0 Å². The van der Waals surface area contributed by atoms with Crippen LogP contribution in [0.2, 0.25) is 0 Å². The summed E-state index contributed by atoms with van der Waals surface area (Å²) in [6.45, 7) is 0. The van der Waals surface area contributed by atoms with Gasteiger partial charge in [-0.3, -0.25) is 0 Å². The summed E-state index contributed by atoms with van der Waals surface area (Å²) in [6, 6.07) is 1.50. The van der Waals surface area contributed by atoms with Gasteiger partial charge in [-0.2, -0.15) is 0 Å². The SMILES string of the molecule is O=S(=O)(c1ncccn1)C(Cl)Cl. The highest BCUT2D eigenvalue weighted by atomic mass is 35.5. The number of halogens is 2. The minimum atomic E-state index is -3.77. The third-order valence-corrected chi connectivity index (χ3v) is 3.63. The second-order valence-electron chi connectivity index (χ2n) is 1.84. The molecule has 66 valence electrons. The first kappa shape index (κ1) is 9.70. The van der Waals surface area contributed by atoms with Crippen LogP contribution in [0.1, 0.15) is 0 Å². The van der Waals surface area contributed by atoms with Crippen molar-refractivity contribution >= 4 is 33.0 Å². The summed E-state index contributed by atoms with van der Waals surface area (Å²) in [5.74, 6) is 0. The van der Waals surface area contributed by atoms with Crippen LogP contribution < -0.4 is 0 Å². The topological polar surface area (TPSA) is 59.9 Å². The van der Waals surface area contributed by atoms with Crippen LogP contribution in [0.5, 0.6) is 0 Å². The molecule has 0 amide bonds. The van der Waals surface area contributed by atoms with Crippen LogP contribution in [0, 0.1) is 0 Å². The Kier molecular flexibility index (Phi) is 2.87. The Labute approximate surface area is 79.5 Å². The fourth-order valence-corrected chi connectivity index (χ4v) is 1.57. The number of hydrogen-bond acceptors (Lipinski definition) is 4. The number of aromatic nitrogens is 2. The first-order valence-electron chi connectivity index (χ1n) is 2.84. The lowest BCUT2D eigenvalue weighted by atomic mass is 10.7. The molecule has 0 aliphatic heterocycles. The van der Waals surface area contributed by atoms with E-state index in [0.717, 1.165) is 0 Å². The molecule has 0 spiro atoms. The molecule has 0 aliphatic carbocycles. The van der Waals surface area contributed by atoms with E-state index < -0.39 is 14.0 Å². The third kappa shape index (κ3) is 1.85. The number of hydrogen-bond donors (Lipinski definition) is 0. The summed E-state index contributed by atoms with van der Waals surface area (Å²) in [6.07, 6.45) is 2.60. The van der Waals surface area contributed by atoms with Crippen LogP contribution in [0.4, 0.5) is 0 Å². The van der Waals surface area contributed by atoms with Gasteiger partial charge < -0.3 is 0 Å². The predicted molar refractivity (Wildman–Crippen MR) is 44.7 cm³/mol. The first-order valence-corrected chi connectivity index (χ1v) is 5.26. The normalized spacial score (nSPS) is 11.9. The molecule has 4 nitrogen and oxygen atoms in total. The maximum absolute atomic E-state index is 11.1. The van der Waals surface area contributed by atoms with Crippen LogP contribution in [0.15, 0.2) is 23.6 Å². The van der Waals surface area contributed by atoms with Gasteiger partial charge in [0, 0.05) is 12.4 Å². The highest BCUT2D eigenvalue weighted by Crippen LogP contribution is 2.17. The minimum absolute atomic E-state index is 0.361. The zero-order valence-corrected chi connectivity index (χ0v) is 8.01. The van der Waals surface area contributed by atoms with E-state index in [-0.39, 0.29) is 5.16 Å². The summed E-state index contributed by atoms with van der Waals surface area (Å²) in [5.41, 5.74) is 0. The molecule has 0 bridgehead atoms. The maximum atomic E-state index is 11.1. The molecular weight excluding hydrogens is 223 g/mol. The third-order valence-electron chi connectivity index (χ3n) is 1.03. The van der Waals surface area contributed by atoms with Crippen molar-refractivity contribution in [1.29, 1.82) is 0 Å². The second-order valence-corrected chi connectivity index (χ2v) is 5.38. The van der Waals surface area contributed by atoms with Gasteiger partial charge in [0.25, 0.3) is 0 Å². The quantitative estimate of drug-likeness (QED) is 0.558. The van der Waals surface area contributed by atoms with E-state index in [1.807, 2.05) is 0 Å². The lowest BCUT2D eigenvalue weighted by molar-refractivity contribution is 0.589. The van der Waals surface area contributed by atoms with Gasteiger partial charge in [0.15, 0.2) is 0 Å². The van der Waals surface area contributed by atoms with Gasteiger partial charge in [0.2, 0.25) is 19.2 Å². The Bertz CT molecular complexity index is 351. The molecule has 0 saturated heterocycles. The minimum Gasteiger partial charge on any atom is -0.227 e. The first-order chi connectivity index (χ1) is 5.55. The van der Waals surface area contributed by atoms with Crippen molar-refractivity contribution in [2.75, 3.05) is 0 Å². The van der Waals surface area contributed by atoms with Crippen molar-refractivity contribution in [2.24, 2.45) is 0 Å². The van der Waals surface area contributed by atoms with Gasteiger partial charge in [-0.15, -0.1) is 0 Å². The van der Waals surface area contributed by atoms with E-state index >= 15 is 0 Å². The molecule has 0 aliphatic rings. The van der Waals surface area contributed by atoms with Crippen LogP contribution in [-0.4, -0.2) is 22.6 Å². The Morgan fingerprint density at radius 2 is 1.75 bits per heavy atom. The molecule has 1 aromatic heterocycles. The molecule has 0 saturated carbocycles. The summed E-state index contributed by atoms with van der Waals surface area (Å²) in [4.78, 5) is 7.01. The molecule has 0 aromatic carbocycles. The van der Waals surface area contributed by atoms with E-state index in [2.05, 4.69) is 9.97 Å². The van der Waals surface area contributed by atoms with Gasteiger partial charge in [0.05, 0.1) is 0 Å². The lowest BCUT2D eigenvalue weighted by Gasteiger charge is -2.00. The van der Waals surface area contributed by atoms with E-state index in [1.54, 1.807) is 0 Å². The number of sulfone groups is 1. The molecule has 0 N–H and O–H groups in total. The van der Waals surface area contributed by atoms with Crippen molar-refractivity contribution in [2.45, 2.75) is 9.32 Å². The largest absolute Gasteiger partial charge is 0.249 e. The van der Waals surface area contributed by atoms with Crippen LogP contribution in [0.3, 0.4) is 0 Å². The predicted octanol–water partition coefficient (Wildman–Crippen LogP) is 1.01. The van der Waals surface area contributed by atoms with Gasteiger partial charge in [-0.25, -0.2) is 18.4 Å². The fraction of sp³-hybridized carbons (Fsp3) is 0.200. The van der Waals surface area contributed by atoms with Crippen molar-refractivity contribution in [3.63, 3.8) is 0 Å². The molecule has 1 rings (SSSR count). The fourth-order valence-electron chi connectivity index (χ4n) is 0.512. The van der Waals surface area contributed by atoms with Crippen molar-refractivity contribution in [3.8, 4) is 0 Å². The number of alkyl halides is 2. The summed E-state index contributed by atoms with van der Waals surface area (Å²) in [5, 5.41) is -0.361. The van der Waals surface area contributed by atoms with E-state index in [0.29, 0.717) is 0 Å². The zero-order chi connectivity index (χ0) is 9.19. The average molecular weight is 227 g/mol. The highest BCUT2D eigenvalue weighted by Gasteiger charge is 2.25. The smallest absolute Gasteiger partial charge is 0.227 e. The molecule has 0 fully saturated rings. The van der Waals surface area contributed by atoms with E-state index in [9.17, 15) is 8.42 Å². The lowest BCUT2D eigenvalue weighted by Crippen LogP contribution is -2.12. The van der Waals surface area contributed by atoms with E-state index in [4.69, 9.17) is 23.2 Å². The number of rotatable bonds is 2. The molecule has 1 heterocycles. The van der Waals surface area contributed by atoms with Gasteiger partial charge >= 0.3 is 0 Å². The zero-order valence-electron chi connectivity index (χ0n) is 5.68. The van der Waals surface area contributed by atoms with Gasteiger partial charge in [-0.05, 0) is 6.07 Å². The van der Waals surface area contributed by atoms with Gasteiger partial charge in [0.1, 0.15) is 0 Å². The summed E-state index contributed by atoms with van der Waals surface area (Å²) < 4.78 is 20.8. The maximum Gasteiger partial charge on any atom is 0.249 e. The van der Waals surface area contributed by atoms with Crippen molar-refractivity contribution in [3.05, 3.63) is 18.5 Å². The monoisotopic (exact) mass is 226 g/mol. The molecule has 7 heteroatoms. The van der Waals surface area contributed by atoms with Gasteiger partial charge in [-0.1, -0.05) is 23.2 Å². The summed E-state index contributed by atoms with van der Waals surface area (Å²) in [7, 11) is -3.77. The molecule has 1 aromatic rings. The number of nitrogens with zero attached hydrogens (tertiary/aromatic N) is 2. The van der Waals surface area contributed by atoms with Crippen molar-refractivity contribution in [1.82, 2.24) is 9.97 Å².